The Kier molecular flexibility index (Phi) is 7.31. The number of methoxy groups -OCH3 is 1. The predicted molar refractivity (Wildman–Crippen MR) is 137 cm³/mol. The monoisotopic (exact) mass is 518 g/mol. The Morgan fingerprint density at radius 2 is 1.89 bits per heavy atom. The molecule has 38 heavy (non-hydrogen) atoms. The van der Waals surface area contributed by atoms with Crippen molar-refractivity contribution in [3.05, 3.63) is 90.2 Å². The summed E-state index contributed by atoms with van der Waals surface area (Å²) in [6.07, 6.45) is 5.31. The summed E-state index contributed by atoms with van der Waals surface area (Å²) in [5.74, 6) is -1.30. The molecule has 0 bridgehead atoms. The van der Waals surface area contributed by atoms with E-state index in [1.165, 1.54) is 24.2 Å². The van der Waals surface area contributed by atoms with Crippen LogP contribution in [-0.4, -0.2) is 60.3 Å². The zero-order valence-electron chi connectivity index (χ0n) is 21.2. The third-order valence-corrected chi connectivity index (χ3v) is 7.11. The number of carbonyl (C=O) groups excluding carboxylic acids is 3. The van der Waals surface area contributed by atoms with Crippen LogP contribution in [0.1, 0.15) is 18.1 Å². The lowest BCUT2D eigenvalue weighted by Gasteiger charge is -2.34. The van der Waals surface area contributed by atoms with E-state index in [0.717, 1.165) is 11.1 Å². The first-order valence-electron chi connectivity index (χ1n) is 12.5. The van der Waals surface area contributed by atoms with Crippen LogP contribution in [0.4, 0.5) is 0 Å². The van der Waals surface area contributed by atoms with E-state index in [9.17, 15) is 14.4 Å². The summed E-state index contributed by atoms with van der Waals surface area (Å²) in [6, 6.07) is 15.8. The van der Waals surface area contributed by atoms with Gasteiger partial charge in [-0.05, 0) is 29.3 Å². The van der Waals surface area contributed by atoms with Crippen LogP contribution in [0, 0.1) is 5.92 Å². The summed E-state index contributed by atoms with van der Waals surface area (Å²) in [6.45, 7) is 2.06. The molecule has 9 heteroatoms. The first-order chi connectivity index (χ1) is 18.4. The Morgan fingerprint density at radius 1 is 1.13 bits per heavy atom. The fraction of sp³-hybridized carbons (Fsp3) is 0.345. The van der Waals surface area contributed by atoms with E-state index in [4.69, 9.17) is 18.9 Å². The number of fused-ring (bicyclic) bond motifs is 3. The molecule has 2 aromatic rings. The molecule has 0 aromatic heterocycles. The number of rotatable bonds is 8. The molecular weight excluding hydrogens is 488 g/mol. The van der Waals surface area contributed by atoms with Gasteiger partial charge in [-0.1, -0.05) is 54.6 Å². The van der Waals surface area contributed by atoms with Crippen molar-refractivity contribution in [2.24, 2.45) is 5.92 Å². The summed E-state index contributed by atoms with van der Waals surface area (Å²) in [5, 5.41) is 2.98. The molecular formula is C29H30N2O7. The number of likely N-dealkylation sites (tertiary alicyclic amines) is 1. The maximum atomic E-state index is 14.1. The summed E-state index contributed by atoms with van der Waals surface area (Å²) in [7, 11) is 1.58. The number of nitrogens with zero attached hydrogens (tertiary/aromatic N) is 1. The maximum absolute atomic E-state index is 14.1. The average Bonchev–Trinajstić information content (AvgIpc) is 3.37. The van der Waals surface area contributed by atoms with Crippen molar-refractivity contribution in [3.63, 3.8) is 0 Å². The van der Waals surface area contributed by atoms with Crippen molar-refractivity contribution in [2.45, 2.75) is 43.9 Å². The first kappa shape index (κ1) is 25.7. The second-order valence-corrected chi connectivity index (χ2v) is 9.47. The summed E-state index contributed by atoms with van der Waals surface area (Å²) in [5.41, 5.74) is 0.323. The minimum Gasteiger partial charge on any atom is -0.497 e. The van der Waals surface area contributed by atoms with Gasteiger partial charge in [0, 0.05) is 20.0 Å². The van der Waals surface area contributed by atoms with Crippen molar-refractivity contribution in [1.29, 1.82) is 0 Å². The third-order valence-electron chi connectivity index (χ3n) is 7.11. The van der Waals surface area contributed by atoms with Gasteiger partial charge in [0.05, 0.1) is 20.0 Å². The van der Waals surface area contributed by atoms with Gasteiger partial charge in [0.15, 0.2) is 0 Å². The van der Waals surface area contributed by atoms with E-state index >= 15 is 0 Å². The number of hydrogen-bond donors (Lipinski definition) is 1. The van der Waals surface area contributed by atoms with Gasteiger partial charge in [0.2, 0.25) is 11.8 Å². The Hall–Kier alpha value is -3.95. The second-order valence-electron chi connectivity index (χ2n) is 9.47. The van der Waals surface area contributed by atoms with Crippen LogP contribution in [0.5, 0.6) is 5.75 Å². The first-order valence-corrected chi connectivity index (χ1v) is 12.5. The Balaban J connectivity index is 1.53. The Morgan fingerprint density at radius 3 is 2.61 bits per heavy atom. The predicted octanol–water partition coefficient (Wildman–Crippen LogP) is 2.51. The van der Waals surface area contributed by atoms with E-state index in [1.807, 2.05) is 54.6 Å². The number of benzene rings is 2. The summed E-state index contributed by atoms with van der Waals surface area (Å²) < 4.78 is 22.8. The molecule has 3 heterocycles. The molecule has 0 spiro atoms. The van der Waals surface area contributed by atoms with E-state index in [0.29, 0.717) is 12.4 Å². The van der Waals surface area contributed by atoms with Crippen molar-refractivity contribution in [2.75, 3.05) is 13.7 Å². The number of amides is 2. The van der Waals surface area contributed by atoms with Gasteiger partial charge in [-0.25, -0.2) is 0 Å². The second kappa shape index (κ2) is 10.8. The maximum Gasteiger partial charge on any atom is 0.307 e. The molecule has 2 saturated heterocycles. The normalized spacial score (nSPS) is 27.7. The highest BCUT2D eigenvalue weighted by Crippen LogP contribution is 2.50. The van der Waals surface area contributed by atoms with Crippen LogP contribution >= 0.6 is 0 Å². The molecule has 2 fully saturated rings. The highest BCUT2D eigenvalue weighted by molar-refractivity contribution is 5.96. The van der Waals surface area contributed by atoms with Crippen molar-refractivity contribution in [3.8, 4) is 5.75 Å². The van der Waals surface area contributed by atoms with Crippen LogP contribution in [0.2, 0.25) is 0 Å². The van der Waals surface area contributed by atoms with Gasteiger partial charge in [-0.15, -0.1) is 0 Å². The minimum atomic E-state index is -1.41. The zero-order valence-corrected chi connectivity index (χ0v) is 21.2. The molecule has 5 rings (SSSR count). The molecule has 1 N–H and O–H groups in total. The van der Waals surface area contributed by atoms with Crippen LogP contribution in [-0.2, 0) is 41.7 Å². The van der Waals surface area contributed by atoms with Crippen LogP contribution in [0.25, 0.3) is 0 Å². The molecule has 3 aliphatic rings. The molecule has 9 nitrogen and oxygen atoms in total. The lowest BCUT2D eigenvalue weighted by Crippen LogP contribution is -2.55. The minimum absolute atomic E-state index is 0.169. The van der Waals surface area contributed by atoms with E-state index < -0.39 is 35.7 Å². The molecule has 0 saturated carbocycles. The standard InChI is InChI=1S/C29H30N2O7/c1-19(32)36-16-14-29-24(25-23(38-29)9-6-15-37-25)28(34)31(18-21-10-12-22(35-2)13-11-21)26(29)27(33)30-17-20-7-4-3-5-8-20/h3-14,16,23-26H,15,17-18H2,1-2H3,(H,30,33)/b16-14+/t23-,24-,25-,26+,29-/m1/s1. The fourth-order valence-electron chi connectivity index (χ4n) is 5.43. The zero-order chi connectivity index (χ0) is 26.7. The van der Waals surface area contributed by atoms with Gasteiger partial charge in [0.1, 0.15) is 35.5 Å². The number of nitrogens with one attached hydrogen (secondary N) is 1. The molecule has 0 radical (unpaired) electrons. The van der Waals surface area contributed by atoms with Crippen LogP contribution in [0.15, 0.2) is 79.1 Å². The smallest absolute Gasteiger partial charge is 0.307 e. The molecule has 3 aliphatic heterocycles. The van der Waals surface area contributed by atoms with E-state index in [1.54, 1.807) is 19.2 Å². The third kappa shape index (κ3) is 4.82. The number of esters is 1. The lowest BCUT2D eigenvalue weighted by molar-refractivity contribution is -0.143. The highest BCUT2D eigenvalue weighted by atomic mass is 16.6. The van der Waals surface area contributed by atoms with Crippen molar-refractivity contribution >= 4 is 17.8 Å². The Labute approximate surface area is 221 Å². The van der Waals surface area contributed by atoms with Crippen LogP contribution in [0.3, 0.4) is 0 Å². The fourth-order valence-corrected chi connectivity index (χ4v) is 5.43. The van der Waals surface area contributed by atoms with Gasteiger partial charge >= 0.3 is 5.97 Å². The van der Waals surface area contributed by atoms with Crippen molar-refractivity contribution in [1.82, 2.24) is 10.2 Å². The highest BCUT2D eigenvalue weighted by Gasteiger charge is 2.70. The Bertz CT molecular complexity index is 1240. The quantitative estimate of drug-likeness (QED) is 0.325. The molecule has 2 amide bonds. The molecule has 0 unspecified atom stereocenters. The van der Waals surface area contributed by atoms with Gasteiger partial charge in [-0.3, -0.25) is 14.4 Å². The average molecular weight is 519 g/mol. The topological polar surface area (TPSA) is 103 Å². The van der Waals surface area contributed by atoms with Gasteiger partial charge in [0.25, 0.3) is 0 Å². The molecule has 5 atom stereocenters. The van der Waals surface area contributed by atoms with Gasteiger partial charge in [-0.2, -0.15) is 0 Å². The molecule has 2 aromatic carbocycles. The largest absolute Gasteiger partial charge is 0.497 e. The van der Waals surface area contributed by atoms with Crippen LogP contribution < -0.4 is 10.1 Å². The number of hydrogen-bond acceptors (Lipinski definition) is 7. The van der Waals surface area contributed by atoms with Gasteiger partial charge < -0.3 is 29.2 Å². The summed E-state index contributed by atoms with van der Waals surface area (Å²) in [4.78, 5) is 41.0. The van der Waals surface area contributed by atoms with E-state index in [-0.39, 0.29) is 24.9 Å². The van der Waals surface area contributed by atoms with Crippen molar-refractivity contribution < 1.29 is 33.3 Å². The SMILES string of the molecule is COc1ccc(CN2C(=O)[C@H]3[C@@H]4OCC=C[C@H]4O[C@@]3(/C=C/OC(C)=O)[C@@H]2C(=O)NCc2ccccc2)cc1. The molecule has 0 aliphatic carbocycles. The number of carbonyl (C=O) groups is 3. The van der Waals surface area contributed by atoms with E-state index in [2.05, 4.69) is 5.32 Å². The number of ether oxygens (including phenoxy) is 4. The lowest BCUT2D eigenvalue weighted by atomic mass is 9.82. The summed E-state index contributed by atoms with van der Waals surface area (Å²) >= 11 is 0. The molecule has 198 valence electrons.